The number of pyridine rings is 1. The quantitative estimate of drug-likeness (QED) is 0.720. The Labute approximate surface area is 98.0 Å². The second-order valence-electron chi connectivity index (χ2n) is 3.45. The van der Waals surface area contributed by atoms with Gasteiger partial charge in [-0.15, -0.1) is 0 Å². The summed E-state index contributed by atoms with van der Waals surface area (Å²) in [6.45, 7) is 0.297. The van der Waals surface area contributed by atoms with Crippen LogP contribution in [0, 0.1) is 0 Å². The Balaban J connectivity index is 2.46. The lowest BCUT2D eigenvalue weighted by molar-refractivity contribution is 0.408. The summed E-state index contributed by atoms with van der Waals surface area (Å²) in [6, 6.07) is 3.48. The molecule has 2 aromatic rings. The van der Waals surface area contributed by atoms with Crippen molar-refractivity contribution >= 4 is 0 Å². The topological polar surface area (TPSA) is 91.2 Å². The SMILES string of the molecule is CNCc1c(O)nc(-c2cccnc2)nc1O. The van der Waals surface area contributed by atoms with E-state index in [-0.39, 0.29) is 23.1 Å². The smallest absolute Gasteiger partial charge is 0.222 e. The molecule has 2 rings (SSSR count). The average molecular weight is 232 g/mol. The van der Waals surface area contributed by atoms with E-state index in [1.165, 1.54) is 0 Å². The van der Waals surface area contributed by atoms with Crippen LogP contribution in [0.3, 0.4) is 0 Å². The Morgan fingerprint density at radius 3 is 2.47 bits per heavy atom. The molecule has 17 heavy (non-hydrogen) atoms. The predicted molar refractivity (Wildman–Crippen MR) is 61.4 cm³/mol. The van der Waals surface area contributed by atoms with Crippen molar-refractivity contribution in [3.63, 3.8) is 0 Å². The van der Waals surface area contributed by atoms with Gasteiger partial charge in [-0.1, -0.05) is 0 Å². The molecule has 0 aliphatic heterocycles. The minimum absolute atomic E-state index is 0.231. The van der Waals surface area contributed by atoms with Crippen LogP contribution in [-0.4, -0.2) is 32.2 Å². The van der Waals surface area contributed by atoms with Crippen molar-refractivity contribution in [1.82, 2.24) is 20.3 Å². The predicted octanol–water partition coefficient (Wildman–Crippen LogP) is 0.669. The van der Waals surface area contributed by atoms with Crippen molar-refractivity contribution in [3.8, 4) is 23.1 Å². The Bertz CT molecular complexity index is 493. The zero-order valence-electron chi connectivity index (χ0n) is 9.25. The lowest BCUT2D eigenvalue weighted by Crippen LogP contribution is -2.07. The van der Waals surface area contributed by atoms with Gasteiger partial charge in [-0.25, -0.2) is 0 Å². The monoisotopic (exact) mass is 232 g/mol. The van der Waals surface area contributed by atoms with E-state index in [1.54, 1.807) is 31.6 Å². The lowest BCUT2D eigenvalue weighted by Gasteiger charge is -2.07. The first-order chi connectivity index (χ1) is 8.22. The molecule has 0 atom stereocenters. The fourth-order valence-corrected chi connectivity index (χ4v) is 1.42. The molecule has 0 aromatic carbocycles. The van der Waals surface area contributed by atoms with Gasteiger partial charge in [-0.05, 0) is 19.2 Å². The van der Waals surface area contributed by atoms with Gasteiger partial charge < -0.3 is 15.5 Å². The highest BCUT2D eigenvalue weighted by Gasteiger charge is 2.13. The second kappa shape index (κ2) is 4.75. The third kappa shape index (κ3) is 2.31. The number of hydrogen-bond donors (Lipinski definition) is 3. The van der Waals surface area contributed by atoms with E-state index in [1.807, 2.05) is 0 Å². The summed E-state index contributed by atoms with van der Waals surface area (Å²) in [5, 5.41) is 22.2. The highest BCUT2D eigenvalue weighted by molar-refractivity contribution is 5.55. The third-order valence-corrected chi connectivity index (χ3v) is 2.24. The summed E-state index contributed by atoms with van der Waals surface area (Å²) < 4.78 is 0. The molecule has 3 N–H and O–H groups in total. The fourth-order valence-electron chi connectivity index (χ4n) is 1.42. The minimum atomic E-state index is -0.231. The van der Waals surface area contributed by atoms with Gasteiger partial charge in [0, 0.05) is 24.5 Å². The van der Waals surface area contributed by atoms with Gasteiger partial charge in [-0.2, -0.15) is 9.97 Å². The van der Waals surface area contributed by atoms with Gasteiger partial charge in [0.2, 0.25) is 11.8 Å². The molecule has 0 saturated heterocycles. The summed E-state index contributed by atoms with van der Waals surface area (Å²) in [7, 11) is 1.70. The van der Waals surface area contributed by atoms with Crippen molar-refractivity contribution < 1.29 is 10.2 Å². The molecule has 6 nitrogen and oxygen atoms in total. The minimum Gasteiger partial charge on any atom is -0.493 e. The van der Waals surface area contributed by atoms with Gasteiger partial charge in [-0.3, -0.25) is 4.98 Å². The molecule has 0 bridgehead atoms. The van der Waals surface area contributed by atoms with E-state index < -0.39 is 0 Å². The van der Waals surface area contributed by atoms with Crippen LogP contribution in [0.1, 0.15) is 5.56 Å². The molecule has 88 valence electrons. The molecule has 0 radical (unpaired) electrons. The molecule has 2 aromatic heterocycles. The van der Waals surface area contributed by atoms with Crippen molar-refractivity contribution in [2.75, 3.05) is 7.05 Å². The van der Waals surface area contributed by atoms with Crippen LogP contribution in [0.15, 0.2) is 24.5 Å². The Kier molecular flexibility index (Phi) is 3.15. The zero-order valence-corrected chi connectivity index (χ0v) is 9.25. The van der Waals surface area contributed by atoms with E-state index in [2.05, 4.69) is 20.3 Å². The summed E-state index contributed by atoms with van der Waals surface area (Å²) in [5.74, 6) is -0.218. The van der Waals surface area contributed by atoms with Crippen LogP contribution in [0.25, 0.3) is 11.4 Å². The second-order valence-corrected chi connectivity index (χ2v) is 3.45. The first kappa shape index (κ1) is 11.3. The van der Waals surface area contributed by atoms with E-state index >= 15 is 0 Å². The molecule has 0 aliphatic rings. The maximum atomic E-state index is 9.69. The molecule has 0 unspecified atom stereocenters. The first-order valence-electron chi connectivity index (χ1n) is 5.06. The van der Waals surface area contributed by atoms with E-state index in [0.717, 1.165) is 0 Å². The van der Waals surface area contributed by atoms with Crippen LogP contribution < -0.4 is 5.32 Å². The van der Waals surface area contributed by atoms with E-state index in [9.17, 15) is 10.2 Å². The maximum Gasteiger partial charge on any atom is 0.222 e. The van der Waals surface area contributed by atoms with E-state index in [4.69, 9.17) is 0 Å². The van der Waals surface area contributed by atoms with Crippen molar-refractivity contribution in [2.45, 2.75) is 6.54 Å². The number of nitrogens with zero attached hydrogens (tertiary/aromatic N) is 3. The molecule has 2 heterocycles. The molecule has 0 amide bonds. The van der Waals surface area contributed by atoms with Crippen LogP contribution in [0.2, 0.25) is 0 Å². The standard InChI is InChI=1S/C11H12N4O2/c1-12-6-8-10(16)14-9(15-11(8)17)7-3-2-4-13-5-7/h2-5,12H,6H2,1H3,(H2,14,15,16,17). The molecule has 6 heteroatoms. The van der Waals surface area contributed by atoms with Crippen LogP contribution in [0.4, 0.5) is 0 Å². The van der Waals surface area contributed by atoms with Gasteiger partial charge in [0.1, 0.15) is 0 Å². The first-order valence-corrected chi connectivity index (χ1v) is 5.06. The summed E-state index contributed by atoms with van der Waals surface area (Å²) in [5.41, 5.74) is 0.911. The Morgan fingerprint density at radius 2 is 1.94 bits per heavy atom. The summed E-state index contributed by atoms with van der Waals surface area (Å²) >= 11 is 0. The molecule has 0 saturated carbocycles. The van der Waals surface area contributed by atoms with Gasteiger partial charge in [0.25, 0.3) is 0 Å². The summed E-state index contributed by atoms with van der Waals surface area (Å²) in [6.07, 6.45) is 3.19. The van der Waals surface area contributed by atoms with Crippen LogP contribution in [0.5, 0.6) is 11.8 Å². The molecular formula is C11H12N4O2. The number of aromatic hydroxyl groups is 2. The normalized spacial score (nSPS) is 10.4. The number of hydrogen-bond acceptors (Lipinski definition) is 6. The third-order valence-electron chi connectivity index (χ3n) is 2.24. The highest BCUT2D eigenvalue weighted by Crippen LogP contribution is 2.26. The number of rotatable bonds is 3. The van der Waals surface area contributed by atoms with Gasteiger partial charge >= 0.3 is 0 Å². The van der Waals surface area contributed by atoms with Crippen molar-refractivity contribution in [3.05, 3.63) is 30.1 Å². The van der Waals surface area contributed by atoms with Crippen molar-refractivity contribution in [1.29, 1.82) is 0 Å². The van der Waals surface area contributed by atoms with Gasteiger partial charge in [0.05, 0.1) is 5.56 Å². The maximum absolute atomic E-state index is 9.69. The molecular weight excluding hydrogens is 220 g/mol. The van der Waals surface area contributed by atoms with Gasteiger partial charge in [0.15, 0.2) is 5.82 Å². The molecule has 0 fully saturated rings. The number of nitrogens with one attached hydrogen (secondary N) is 1. The van der Waals surface area contributed by atoms with Crippen LogP contribution in [-0.2, 0) is 6.54 Å². The molecule has 0 spiro atoms. The highest BCUT2D eigenvalue weighted by atomic mass is 16.3. The average Bonchev–Trinajstić information content (AvgIpc) is 2.35. The summed E-state index contributed by atoms with van der Waals surface area (Å²) in [4.78, 5) is 11.8. The Hall–Kier alpha value is -2.21. The zero-order chi connectivity index (χ0) is 12.3. The molecule has 0 aliphatic carbocycles. The number of aromatic nitrogens is 3. The van der Waals surface area contributed by atoms with E-state index in [0.29, 0.717) is 12.1 Å². The fraction of sp³-hybridized carbons (Fsp3) is 0.182. The lowest BCUT2D eigenvalue weighted by atomic mass is 10.2. The largest absolute Gasteiger partial charge is 0.493 e. The van der Waals surface area contributed by atoms with Crippen molar-refractivity contribution in [2.24, 2.45) is 0 Å². The Morgan fingerprint density at radius 1 is 1.24 bits per heavy atom. The van der Waals surface area contributed by atoms with Crippen LogP contribution >= 0.6 is 0 Å².